The highest BCUT2D eigenvalue weighted by Gasteiger charge is 2.37. The van der Waals surface area contributed by atoms with E-state index in [9.17, 15) is 19.5 Å². The SMILES string of the molecule is CCCCN(C(=O)C(CC(C)C)NC(=O)OC(C)(C)C)C(C(=O)Nc1c(C)cccc1Cl)c1ccc(O)c(C)c1. The molecule has 2 aromatic carbocycles. The molecular formula is C31H44ClN3O5. The lowest BCUT2D eigenvalue weighted by Gasteiger charge is -2.35. The second-order valence-electron chi connectivity index (χ2n) is 11.6. The summed E-state index contributed by atoms with van der Waals surface area (Å²) in [7, 11) is 0. The molecule has 3 amide bonds. The van der Waals surface area contributed by atoms with Gasteiger partial charge in [0, 0.05) is 6.54 Å². The maximum absolute atomic E-state index is 14.2. The van der Waals surface area contributed by atoms with Crippen LogP contribution in [0.4, 0.5) is 10.5 Å². The van der Waals surface area contributed by atoms with Crippen LogP contribution in [0.1, 0.15) is 83.5 Å². The maximum atomic E-state index is 14.2. The monoisotopic (exact) mass is 573 g/mol. The Labute approximate surface area is 243 Å². The smallest absolute Gasteiger partial charge is 0.408 e. The molecule has 2 rings (SSSR count). The maximum Gasteiger partial charge on any atom is 0.408 e. The number of hydrogen-bond acceptors (Lipinski definition) is 5. The highest BCUT2D eigenvalue weighted by Crippen LogP contribution is 2.31. The van der Waals surface area contributed by atoms with E-state index in [-0.39, 0.29) is 18.2 Å². The van der Waals surface area contributed by atoms with Gasteiger partial charge in [0.05, 0.1) is 10.7 Å². The number of benzene rings is 2. The third kappa shape index (κ3) is 9.44. The first kappa shape index (κ1) is 32.9. The molecule has 220 valence electrons. The molecule has 3 N–H and O–H groups in total. The zero-order chi connectivity index (χ0) is 30.2. The fourth-order valence-electron chi connectivity index (χ4n) is 4.34. The van der Waals surface area contributed by atoms with E-state index in [0.717, 1.165) is 12.0 Å². The van der Waals surface area contributed by atoms with Crippen molar-refractivity contribution in [1.29, 1.82) is 0 Å². The van der Waals surface area contributed by atoms with Crippen LogP contribution in [0.15, 0.2) is 36.4 Å². The van der Waals surface area contributed by atoms with E-state index in [0.29, 0.717) is 34.7 Å². The van der Waals surface area contributed by atoms with Gasteiger partial charge in [-0.25, -0.2) is 4.79 Å². The van der Waals surface area contributed by atoms with Gasteiger partial charge in [-0.3, -0.25) is 9.59 Å². The van der Waals surface area contributed by atoms with E-state index in [1.54, 1.807) is 52.0 Å². The molecule has 0 aliphatic heterocycles. The summed E-state index contributed by atoms with van der Waals surface area (Å²) in [6.07, 6.45) is 1.08. The fourth-order valence-corrected chi connectivity index (χ4v) is 4.61. The Balaban J connectivity index is 2.61. The van der Waals surface area contributed by atoms with E-state index in [2.05, 4.69) is 10.6 Å². The van der Waals surface area contributed by atoms with Crippen LogP contribution in [-0.4, -0.2) is 46.1 Å². The van der Waals surface area contributed by atoms with Crippen molar-refractivity contribution < 1.29 is 24.2 Å². The van der Waals surface area contributed by atoms with Crippen LogP contribution in [0.25, 0.3) is 0 Å². The number of aryl methyl sites for hydroxylation is 2. The van der Waals surface area contributed by atoms with Gasteiger partial charge in [-0.2, -0.15) is 0 Å². The van der Waals surface area contributed by atoms with Crippen LogP contribution in [0.2, 0.25) is 5.02 Å². The first-order valence-corrected chi connectivity index (χ1v) is 14.2. The number of anilines is 1. The van der Waals surface area contributed by atoms with Crippen LogP contribution < -0.4 is 10.6 Å². The van der Waals surface area contributed by atoms with Gasteiger partial charge in [0.15, 0.2) is 0 Å². The number of nitrogens with one attached hydrogen (secondary N) is 2. The first-order chi connectivity index (χ1) is 18.6. The molecule has 0 fully saturated rings. The van der Waals surface area contributed by atoms with Crippen LogP contribution in [0.5, 0.6) is 5.75 Å². The highest BCUT2D eigenvalue weighted by molar-refractivity contribution is 6.34. The van der Waals surface area contributed by atoms with Crippen LogP contribution >= 0.6 is 11.6 Å². The number of para-hydroxylation sites is 1. The summed E-state index contributed by atoms with van der Waals surface area (Å²) in [5.41, 5.74) is 1.59. The second kappa shape index (κ2) is 14.4. The lowest BCUT2D eigenvalue weighted by molar-refractivity contribution is -0.141. The molecule has 0 aliphatic carbocycles. The average molecular weight is 574 g/mol. The van der Waals surface area contributed by atoms with Crippen molar-refractivity contribution in [2.75, 3.05) is 11.9 Å². The fraction of sp³-hybridized carbons (Fsp3) is 0.516. The molecule has 0 aliphatic rings. The van der Waals surface area contributed by atoms with E-state index in [4.69, 9.17) is 16.3 Å². The number of phenols is 1. The lowest BCUT2D eigenvalue weighted by Crippen LogP contribution is -2.53. The van der Waals surface area contributed by atoms with Gasteiger partial charge in [0.2, 0.25) is 5.91 Å². The lowest BCUT2D eigenvalue weighted by atomic mass is 9.97. The molecular weight excluding hydrogens is 530 g/mol. The number of unbranched alkanes of at least 4 members (excludes halogenated alkanes) is 1. The second-order valence-corrected chi connectivity index (χ2v) is 12.0. The molecule has 40 heavy (non-hydrogen) atoms. The largest absolute Gasteiger partial charge is 0.508 e. The number of nitrogens with zero attached hydrogens (tertiary/aromatic N) is 1. The molecule has 2 atom stereocenters. The van der Waals surface area contributed by atoms with E-state index < -0.39 is 35.6 Å². The number of ether oxygens (including phenoxy) is 1. The van der Waals surface area contributed by atoms with Crippen molar-refractivity contribution in [3.63, 3.8) is 0 Å². The Bertz CT molecular complexity index is 1170. The van der Waals surface area contributed by atoms with Crippen molar-refractivity contribution in [1.82, 2.24) is 10.2 Å². The number of rotatable bonds is 11. The Morgan fingerprint density at radius 3 is 2.30 bits per heavy atom. The summed E-state index contributed by atoms with van der Waals surface area (Å²) in [6.45, 7) is 15.0. The first-order valence-electron chi connectivity index (χ1n) is 13.8. The van der Waals surface area contributed by atoms with Gasteiger partial charge in [-0.1, -0.05) is 57.0 Å². The summed E-state index contributed by atoms with van der Waals surface area (Å²) in [4.78, 5) is 42.5. The summed E-state index contributed by atoms with van der Waals surface area (Å²) in [5, 5.41) is 16.2. The van der Waals surface area contributed by atoms with Crippen LogP contribution in [-0.2, 0) is 14.3 Å². The highest BCUT2D eigenvalue weighted by atomic mass is 35.5. The zero-order valence-electron chi connectivity index (χ0n) is 24.9. The van der Waals surface area contributed by atoms with Crippen molar-refractivity contribution >= 4 is 35.2 Å². The number of phenolic OH excluding ortho intramolecular Hbond substituents is 1. The Morgan fingerprint density at radius 1 is 1.07 bits per heavy atom. The number of hydrogen-bond donors (Lipinski definition) is 3. The Kier molecular flexibility index (Phi) is 11.9. The average Bonchev–Trinajstić information content (AvgIpc) is 2.83. The number of halogens is 1. The third-order valence-electron chi connectivity index (χ3n) is 6.30. The number of carbonyl (C=O) groups is 3. The standard InChI is InChI=1S/C31H44ClN3O5/c1-9-10-16-35(29(38)24(17-19(2)3)33-30(39)40-31(6,7)8)27(22-14-15-25(36)21(5)18-22)28(37)34-26-20(4)12-11-13-23(26)32/h11-15,18-19,24,27,36H,9-10,16-17H2,1-8H3,(H,33,39)(H,34,37). The predicted molar refractivity (Wildman–Crippen MR) is 160 cm³/mol. The molecule has 0 radical (unpaired) electrons. The number of carbonyl (C=O) groups excluding carboxylic acids is 3. The number of aromatic hydroxyl groups is 1. The van der Waals surface area contributed by atoms with Gasteiger partial charge < -0.3 is 25.4 Å². The van der Waals surface area contributed by atoms with Gasteiger partial charge in [0.1, 0.15) is 23.4 Å². The third-order valence-corrected chi connectivity index (χ3v) is 6.61. The van der Waals surface area contributed by atoms with Crippen molar-refractivity contribution in [2.24, 2.45) is 5.92 Å². The number of alkyl carbamates (subject to hydrolysis) is 1. The van der Waals surface area contributed by atoms with Gasteiger partial charge >= 0.3 is 6.09 Å². The molecule has 0 aromatic heterocycles. The van der Waals surface area contributed by atoms with E-state index in [1.807, 2.05) is 33.8 Å². The quantitative estimate of drug-likeness (QED) is 0.271. The normalized spacial score (nSPS) is 12.9. The summed E-state index contributed by atoms with van der Waals surface area (Å²) >= 11 is 6.42. The molecule has 0 heterocycles. The minimum absolute atomic E-state index is 0.0749. The number of amides is 3. The van der Waals surface area contributed by atoms with Crippen molar-refractivity contribution in [2.45, 2.75) is 92.3 Å². The zero-order valence-corrected chi connectivity index (χ0v) is 25.7. The van der Waals surface area contributed by atoms with Crippen LogP contribution in [0, 0.1) is 19.8 Å². The van der Waals surface area contributed by atoms with Gasteiger partial charge in [-0.05, 0) is 88.3 Å². The molecule has 0 bridgehead atoms. The molecule has 2 unspecified atom stereocenters. The van der Waals surface area contributed by atoms with Crippen LogP contribution in [0.3, 0.4) is 0 Å². The van der Waals surface area contributed by atoms with E-state index in [1.165, 1.54) is 11.0 Å². The molecule has 9 heteroatoms. The summed E-state index contributed by atoms with van der Waals surface area (Å²) < 4.78 is 5.45. The molecule has 8 nitrogen and oxygen atoms in total. The van der Waals surface area contributed by atoms with Crippen molar-refractivity contribution in [3.8, 4) is 5.75 Å². The predicted octanol–water partition coefficient (Wildman–Crippen LogP) is 6.91. The summed E-state index contributed by atoms with van der Waals surface area (Å²) in [5.74, 6) is -0.687. The minimum Gasteiger partial charge on any atom is -0.508 e. The van der Waals surface area contributed by atoms with Gasteiger partial charge in [0.25, 0.3) is 5.91 Å². The van der Waals surface area contributed by atoms with E-state index >= 15 is 0 Å². The Hall–Kier alpha value is -3.26. The molecule has 0 saturated heterocycles. The Morgan fingerprint density at radius 2 is 1.75 bits per heavy atom. The topological polar surface area (TPSA) is 108 Å². The summed E-state index contributed by atoms with van der Waals surface area (Å²) in [6, 6.07) is 8.20. The molecule has 0 spiro atoms. The molecule has 0 saturated carbocycles. The van der Waals surface area contributed by atoms with Crippen molar-refractivity contribution in [3.05, 3.63) is 58.1 Å². The molecule has 2 aromatic rings. The minimum atomic E-state index is -1.05. The van der Waals surface area contributed by atoms with Gasteiger partial charge in [-0.15, -0.1) is 0 Å².